The van der Waals surface area contributed by atoms with Gasteiger partial charge in [0.05, 0.1) is 33.1 Å². The summed E-state index contributed by atoms with van der Waals surface area (Å²) in [4.78, 5) is 21.5. The first-order chi connectivity index (χ1) is 33.8. The molecule has 376 valence electrons. The number of nitrogens with zero attached hydrogens (tertiary/aromatic N) is 8. The summed E-state index contributed by atoms with van der Waals surface area (Å²) in [5, 5.41) is 9.50. The van der Waals surface area contributed by atoms with Gasteiger partial charge in [-0.2, -0.15) is 27.0 Å². The Morgan fingerprint density at radius 3 is 1.77 bits per heavy atom. The summed E-state index contributed by atoms with van der Waals surface area (Å²) in [6.07, 6.45) is 5.19. The molecule has 2 N–H and O–H groups in total. The number of halogens is 2. The minimum atomic E-state index is -4.02. The van der Waals surface area contributed by atoms with Crippen LogP contribution in [0.5, 0.6) is 5.75 Å². The number of hydrogen-bond donors (Lipinski definition) is 2. The molecule has 0 saturated carbocycles. The molecule has 2 aromatic heterocycles. The highest BCUT2D eigenvalue weighted by atomic mass is 35.5. The average molecular weight is 1050 g/mol. The van der Waals surface area contributed by atoms with Gasteiger partial charge < -0.3 is 24.0 Å². The van der Waals surface area contributed by atoms with Crippen LogP contribution in [0, 0.1) is 13.8 Å². The molecular weight excluding hydrogens is 996 g/mol. The second kappa shape index (κ2) is 23.0. The molecule has 2 aliphatic heterocycles. The van der Waals surface area contributed by atoms with Gasteiger partial charge in [-0.1, -0.05) is 71.6 Å². The number of rotatable bonds is 13. The van der Waals surface area contributed by atoms with Crippen molar-refractivity contribution in [2.45, 2.75) is 68.4 Å². The monoisotopic (exact) mass is 1050 g/mol. The van der Waals surface area contributed by atoms with Crippen LogP contribution in [0.1, 0.15) is 43.0 Å². The third kappa shape index (κ3) is 13.7. The van der Waals surface area contributed by atoms with E-state index in [1.807, 2.05) is 58.0 Å². The van der Waals surface area contributed by atoms with Crippen molar-refractivity contribution in [2.24, 2.45) is 0 Å². The molecule has 22 heteroatoms. The molecule has 71 heavy (non-hydrogen) atoms. The van der Waals surface area contributed by atoms with Crippen molar-refractivity contribution in [1.82, 2.24) is 29.1 Å². The lowest BCUT2D eigenvalue weighted by atomic mass is 10.1. The number of piperazine rings is 1. The Hall–Kier alpha value is -6.10. The number of aryl methyl sites for hydroxylation is 2. The fraction of sp³-hybridized carbons (Fsp3) is 0.306. The zero-order chi connectivity index (χ0) is 50.9. The van der Waals surface area contributed by atoms with Crippen LogP contribution in [0.2, 0.25) is 10.0 Å². The van der Waals surface area contributed by atoms with Crippen LogP contribution in [0.3, 0.4) is 0 Å². The Labute approximate surface area is 422 Å². The molecule has 0 amide bonds. The van der Waals surface area contributed by atoms with Gasteiger partial charge in [0.1, 0.15) is 44.0 Å². The van der Waals surface area contributed by atoms with Crippen LogP contribution in [0.15, 0.2) is 149 Å². The molecule has 3 atom stereocenters. The molecule has 2 aliphatic rings. The largest absolute Gasteiger partial charge is 0.491 e. The first-order valence-corrected chi connectivity index (χ1v) is 26.1. The van der Waals surface area contributed by atoms with Gasteiger partial charge in [-0.3, -0.25) is 9.11 Å². The van der Waals surface area contributed by atoms with E-state index in [1.54, 1.807) is 58.3 Å². The molecule has 0 radical (unpaired) electrons. The summed E-state index contributed by atoms with van der Waals surface area (Å²) in [7, 11) is -8.04. The number of aromatic nitrogens is 6. The summed E-state index contributed by atoms with van der Waals surface area (Å²) < 4.78 is 82.8. The van der Waals surface area contributed by atoms with Crippen molar-refractivity contribution in [1.29, 1.82) is 0 Å². The van der Waals surface area contributed by atoms with Crippen LogP contribution < -0.4 is 20.2 Å². The Morgan fingerprint density at radius 2 is 1.28 bits per heavy atom. The highest BCUT2D eigenvalue weighted by Crippen LogP contribution is 2.40. The molecule has 4 heterocycles. The molecule has 0 spiro atoms. The summed E-state index contributed by atoms with van der Waals surface area (Å²) in [6.45, 7) is 12.2. The maximum atomic E-state index is 12.8. The predicted molar refractivity (Wildman–Crippen MR) is 270 cm³/mol. The highest BCUT2D eigenvalue weighted by molar-refractivity contribution is 7.86. The summed E-state index contributed by atoms with van der Waals surface area (Å²) in [5.41, 5.74) is 5.55. The summed E-state index contributed by atoms with van der Waals surface area (Å²) in [5.74, 6) is -0.410. The summed E-state index contributed by atoms with van der Waals surface area (Å²) >= 11 is 12.7. The Morgan fingerprint density at radius 1 is 0.746 bits per heavy atom. The van der Waals surface area contributed by atoms with Gasteiger partial charge in [0.2, 0.25) is 5.79 Å². The second-order valence-electron chi connectivity index (χ2n) is 16.9. The molecule has 18 nitrogen and oxygen atoms in total. The van der Waals surface area contributed by atoms with Crippen LogP contribution in [-0.4, -0.2) is 101 Å². The van der Waals surface area contributed by atoms with Crippen molar-refractivity contribution in [3.8, 4) is 11.4 Å². The van der Waals surface area contributed by atoms with Gasteiger partial charge in [0.15, 0.2) is 0 Å². The van der Waals surface area contributed by atoms with Gasteiger partial charge >= 0.3 is 5.69 Å². The fourth-order valence-corrected chi connectivity index (χ4v) is 9.17. The van der Waals surface area contributed by atoms with Crippen molar-refractivity contribution in [2.75, 3.05) is 49.2 Å². The fourth-order valence-electron chi connectivity index (χ4n) is 7.66. The van der Waals surface area contributed by atoms with Gasteiger partial charge in [-0.05, 0) is 112 Å². The second-order valence-corrected chi connectivity index (χ2v) is 20.6. The lowest BCUT2D eigenvalue weighted by Crippen LogP contribution is -2.46. The third-order valence-corrected chi connectivity index (χ3v) is 14.1. The molecule has 0 bridgehead atoms. The van der Waals surface area contributed by atoms with E-state index in [-0.39, 0.29) is 34.2 Å². The quantitative estimate of drug-likeness (QED) is 0.105. The van der Waals surface area contributed by atoms with E-state index in [9.17, 15) is 21.6 Å². The van der Waals surface area contributed by atoms with E-state index in [2.05, 4.69) is 49.2 Å². The van der Waals surface area contributed by atoms with E-state index in [0.29, 0.717) is 28.8 Å². The van der Waals surface area contributed by atoms with Gasteiger partial charge in [-0.15, -0.1) is 0 Å². The minimum Gasteiger partial charge on any atom is -0.491 e. The lowest BCUT2D eigenvalue weighted by molar-refractivity contribution is -0.190. The Bertz CT molecular complexity index is 3060. The zero-order valence-corrected chi connectivity index (χ0v) is 42.5. The van der Waals surface area contributed by atoms with Gasteiger partial charge in [0, 0.05) is 48.1 Å². The smallest absolute Gasteiger partial charge is 0.350 e. The minimum absolute atomic E-state index is 0.0645. The van der Waals surface area contributed by atoms with Crippen LogP contribution in [0.25, 0.3) is 5.69 Å². The SMILES string of the molecule is CCC(C)n1ncn(-c2ccc(N3CCN(c4ccc(OC[C@H]5CO[C@](Cn6cncn6)(c6ccc(Cl)cc6Cl)O5)cc4)CC3)cc2)c1=O.Cc1ccc(S(=O)(=O)O)cc1.Cc1ccc(S(=O)(=O)O)cc1. The lowest BCUT2D eigenvalue weighted by Gasteiger charge is -2.37. The van der Waals surface area contributed by atoms with Gasteiger partial charge in [0.25, 0.3) is 20.2 Å². The Kier molecular flexibility index (Phi) is 17.1. The molecule has 5 aromatic carbocycles. The predicted octanol–water partition coefficient (Wildman–Crippen LogP) is 8.06. The van der Waals surface area contributed by atoms with E-state index in [0.717, 1.165) is 66.5 Å². The van der Waals surface area contributed by atoms with Crippen LogP contribution in [-0.2, 0) is 42.0 Å². The maximum absolute atomic E-state index is 12.8. The molecule has 9 rings (SSSR count). The topological polar surface area (TPSA) is 213 Å². The number of benzene rings is 5. The van der Waals surface area contributed by atoms with E-state index >= 15 is 0 Å². The third-order valence-electron chi connectivity index (χ3n) is 11.8. The van der Waals surface area contributed by atoms with Crippen LogP contribution >= 0.6 is 23.2 Å². The Balaban J connectivity index is 0.000000276. The summed E-state index contributed by atoms with van der Waals surface area (Å²) in [6, 6.07) is 33.6. The van der Waals surface area contributed by atoms with E-state index < -0.39 is 26.0 Å². The molecular formula is C49H54Cl2N8O10S2. The van der Waals surface area contributed by atoms with Crippen molar-refractivity contribution < 1.29 is 40.2 Å². The standard InChI is InChI=1S/C35H38Cl2N8O4.2C7H8O3S/c1-3-25(2)45-34(46)44(24-40-45)29-7-5-27(6-8-29)41-14-16-42(17-15-41)28-9-11-30(12-10-28)47-19-31-20-48-35(49-31,21-43-23-38-22-39-43)32-13-4-26(36)18-33(32)37;2*1-6-2-4-7(5-3-6)11(8,9)10/h4-13,18,22-25,31H,3,14-17,19-21H2,1-2H3;2*2-5H,1H3,(H,8,9,10)/t25?,31-,35-;;/m0../s1. The highest BCUT2D eigenvalue weighted by Gasteiger charge is 2.45. The average Bonchev–Trinajstić information content (AvgIpc) is 4.12. The molecule has 2 fully saturated rings. The van der Waals surface area contributed by atoms with Gasteiger partial charge in [-0.25, -0.2) is 23.7 Å². The number of hydrogen-bond acceptors (Lipinski definition) is 13. The molecule has 0 aliphatic carbocycles. The van der Waals surface area contributed by atoms with Crippen molar-refractivity contribution in [3.05, 3.63) is 171 Å². The van der Waals surface area contributed by atoms with E-state index in [1.165, 1.54) is 35.3 Å². The maximum Gasteiger partial charge on any atom is 0.350 e. The van der Waals surface area contributed by atoms with Crippen molar-refractivity contribution in [3.63, 3.8) is 0 Å². The number of anilines is 2. The zero-order valence-electron chi connectivity index (χ0n) is 39.3. The first-order valence-electron chi connectivity index (χ1n) is 22.5. The molecule has 1 unspecified atom stereocenters. The van der Waals surface area contributed by atoms with Crippen molar-refractivity contribution >= 4 is 54.8 Å². The normalized spacial score (nSPS) is 17.4. The van der Waals surface area contributed by atoms with E-state index in [4.69, 9.17) is 46.5 Å². The molecule has 2 saturated heterocycles. The number of ether oxygens (including phenoxy) is 3. The molecule has 7 aromatic rings. The first kappa shape index (κ1) is 52.7. The van der Waals surface area contributed by atoms with Crippen LogP contribution in [0.4, 0.5) is 11.4 Å².